The van der Waals surface area contributed by atoms with Gasteiger partial charge in [0.1, 0.15) is 5.75 Å². The molecule has 2 aromatic rings. The number of carbonyl (C=O) groups excluding carboxylic acids is 2. The largest absolute Gasteiger partial charge is 0.423 e. The van der Waals surface area contributed by atoms with Crippen LogP contribution in [0.15, 0.2) is 53.5 Å². The molecule has 0 aliphatic rings. The standard InChI is InChI=1S/C18H20N4O3/c1-11(2)21-16(23)12-5-9-15(10-6-12)25-17(24)13-3-7-14(8-4-13)22-18(19)20/h3-11H,1-2H3,(H,21,23)(H4,19,20,22). The van der Waals surface area contributed by atoms with Gasteiger partial charge in [-0.3, -0.25) is 4.79 Å². The lowest BCUT2D eigenvalue weighted by Gasteiger charge is -2.09. The van der Waals surface area contributed by atoms with Crippen molar-refractivity contribution in [3.05, 3.63) is 59.7 Å². The highest BCUT2D eigenvalue weighted by atomic mass is 16.5. The quantitative estimate of drug-likeness (QED) is 0.332. The summed E-state index contributed by atoms with van der Waals surface area (Å²) in [5.74, 6) is -0.407. The Morgan fingerprint density at radius 3 is 2.04 bits per heavy atom. The summed E-state index contributed by atoms with van der Waals surface area (Å²) in [7, 11) is 0. The number of esters is 1. The molecule has 0 bridgehead atoms. The minimum atomic E-state index is -0.518. The highest BCUT2D eigenvalue weighted by Gasteiger charge is 2.10. The third-order valence-corrected chi connectivity index (χ3v) is 3.11. The SMILES string of the molecule is CC(C)NC(=O)c1ccc(OC(=O)c2ccc(N=C(N)N)cc2)cc1. The van der Waals surface area contributed by atoms with E-state index in [0.717, 1.165) is 0 Å². The van der Waals surface area contributed by atoms with E-state index in [4.69, 9.17) is 16.2 Å². The predicted molar refractivity (Wildman–Crippen MR) is 95.9 cm³/mol. The zero-order valence-corrected chi connectivity index (χ0v) is 14.0. The lowest BCUT2D eigenvalue weighted by atomic mass is 10.2. The lowest BCUT2D eigenvalue weighted by molar-refractivity contribution is 0.0734. The fourth-order valence-electron chi connectivity index (χ4n) is 2.01. The van der Waals surface area contributed by atoms with Crippen molar-refractivity contribution in [2.45, 2.75) is 19.9 Å². The molecule has 0 saturated carbocycles. The van der Waals surface area contributed by atoms with Crippen LogP contribution in [-0.4, -0.2) is 23.9 Å². The normalized spacial score (nSPS) is 10.2. The van der Waals surface area contributed by atoms with E-state index in [2.05, 4.69) is 10.3 Å². The topological polar surface area (TPSA) is 120 Å². The van der Waals surface area contributed by atoms with Crippen LogP contribution in [0.25, 0.3) is 0 Å². The van der Waals surface area contributed by atoms with E-state index in [0.29, 0.717) is 22.6 Å². The molecule has 7 nitrogen and oxygen atoms in total. The van der Waals surface area contributed by atoms with Crippen LogP contribution in [0.4, 0.5) is 5.69 Å². The van der Waals surface area contributed by atoms with E-state index < -0.39 is 5.97 Å². The van der Waals surface area contributed by atoms with Crippen LogP contribution in [0.5, 0.6) is 5.75 Å². The van der Waals surface area contributed by atoms with Gasteiger partial charge in [-0.1, -0.05) is 0 Å². The summed E-state index contributed by atoms with van der Waals surface area (Å²) >= 11 is 0. The van der Waals surface area contributed by atoms with E-state index in [-0.39, 0.29) is 17.9 Å². The first-order valence-electron chi connectivity index (χ1n) is 7.68. The molecule has 7 heteroatoms. The van der Waals surface area contributed by atoms with Crippen molar-refractivity contribution in [2.24, 2.45) is 16.5 Å². The number of ether oxygens (including phenoxy) is 1. The van der Waals surface area contributed by atoms with Gasteiger partial charge in [0.05, 0.1) is 11.3 Å². The van der Waals surface area contributed by atoms with Gasteiger partial charge in [-0.25, -0.2) is 9.79 Å². The maximum absolute atomic E-state index is 12.1. The molecule has 0 radical (unpaired) electrons. The molecule has 0 atom stereocenters. The monoisotopic (exact) mass is 340 g/mol. The molecule has 5 N–H and O–H groups in total. The van der Waals surface area contributed by atoms with Gasteiger partial charge in [-0.15, -0.1) is 0 Å². The fraction of sp³-hybridized carbons (Fsp3) is 0.167. The molecule has 0 heterocycles. The molecule has 0 spiro atoms. The number of amides is 1. The molecule has 25 heavy (non-hydrogen) atoms. The van der Waals surface area contributed by atoms with Gasteiger partial charge in [0.25, 0.3) is 5.91 Å². The minimum absolute atomic E-state index is 0.0481. The third-order valence-electron chi connectivity index (χ3n) is 3.11. The van der Waals surface area contributed by atoms with Crippen LogP contribution >= 0.6 is 0 Å². The highest BCUT2D eigenvalue weighted by molar-refractivity contribution is 5.95. The number of aliphatic imine (C=N–C) groups is 1. The molecular formula is C18H20N4O3. The Hall–Kier alpha value is -3.35. The first-order chi connectivity index (χ1) is 11.8. The van der Waals surface area contributed by atoms with Gasteiger partial charge >= 0.3 is 5.97 Å². The van der Waals surface area contributed by atoms with Gasteiger partial charge in [0.2, 0.25) is 0 Å². The molecule has 0 saturated heterocycles. The van der Waals surface area contributed by atoms with Gasteiger partial charge in [-0.05, 0) is 62.4 Å². The van der Waals surface area contributed by atoms with Crippen molar-refractivity contribution in [3.63, 3.8) is 0 Å². The molecule has 0 unspecified atom stereocenters. The van der Waals surface area contributed by atoms with E-state index in [1.165, 1.54) is 0 Å². The predicted octanol–water partition coefficient (Wildman–Crippen LogP) is 1.95. The number of carbonyl (C=O) groups is 2. The number of rotatable bonds is 5. The molecule has 0 aliphatic carbocycles. The van der Waals surface area contributed by atoms with Crippen molar-refractivity contribution in [2.75, 3.05) is 0 Å². The van der Waals surface area contributed by atoms with Crippen LogP contribution in [0.1, 0.15) is 34.6 Å². The van der Waals surface area contributed by atoms with E-state index in [9.17, 15) is 9.59 Å². The fourth-order valence-corrected chi connectivity index (χ4v) is 2.01. The number of guanidine groups is 1. The molecule has 2 aromatic carbocycles. The van der Waals surface area contributed by atoms with Crippen LogP contribution in [-0.2, 0) is 0 Å². The average Bonchev–Trinajstić information content (AvgIpc) is 2.55. The van der Waals surface area contributed by atoms with Crippen LogP contribution in [0, 0.1) is 0 Å². The summed E-state index contributed by atoms with van der Waals surface area (Å²) in [6.45, 7) is 3.76. The summed E-state index contributed by atoms with van der Waals surface area (Å²) in [4.78, 5) is 27.9. The summed E-state index contributed by atoms with van der Waals surface area (Å²) in [5.41, 5.74) is 12.0. The Balaban J connectivity index is 2.03. The second-order valence-corrected chi connectivity index (χ2v) is 5.63. The number of nitrogens with one attached hydrogen (secondary N) is 1. The molecule has 0 fully saturated rings. The summed E-state index contributed by atoms with van der Waals surface area (Å²) < 4.78 is 5.28. The van der Waals surface area contributed by atoms with Crippen molar-refractivity contribution >= 4 is 23.5 Å². The minimum Gasteiger partial charge on any atom is -0.423 e. The Morgan fingerprint density at radius 2 is 1.52 bits per heavy atom. The second kappa shape index (κ2) is 7.96. The molecule has 2 rings (SSSR count). The number of hydrogen-bond acceptors (Lipinski definition) is 4. The number of nitrogens with zero attached hydrogens (tertiary/aromatic N) is 1. The van der Waals surface area contributed by atoms with Crippen LogP contribution < -0.4 is 21.5 Å². The van der Waals surface area contributed by atoms with Gasteiger partial charge in [0.15, 0.2) is 5.96 Å². The summed E-state index contributed by atoms with van der Waals surface area (Å²) in [5, 5.41) is 2.79. The van der Waals surface area contributed by atoms with Gasteiger partial charge in [-0.2, -0.15) is 0 Å². The highest BCUT2D eigenvalue weighted by Crippen LogP contribution is 2.17. The van der Waals surface area contributed by atoms with E-state index in [1.54, 1.807) is 48.5 Å². The Kier molecular flexibility index (Phi) is 5.73. The first kappa shape index (κ1) is 18.0. The molecule has 1 amide bonds. The zero-order valence-electron chi connectivity index (χ0n) is 14.0. The smallest absolute Gasteiger partial charge is 0.343 e. The second-order valence-electron chi connectivity index (χ2n) is 5.63. The Morgan fingerprint density at radius 1 is 0.960 bits per heavy atom. The maximum Gasteiger partial charge on any atom is 0.343 e. The third kappa shape index (κ3) is 5.35. The van der Waals surface area contributed by atoms with Crippen molar-refractivity contribution < 1.29 is 14.3 Å². The Bertz CT molecular complexity index is 777. The maximum atomic E-state index is 12.1. The summed E-state index contributed by atoms with van der Waals surface area (Å²) in [6, 6.07) is 12.7. The molecule has 130 valence electrons. The average molecular weight is 340 g/mol. The van der Waals surface area contributed by atoms with Gasteiger partial charge < -0.3 is 21.5 Å². The molecular weight excluding hydrogens is 320 g/mol. The number of benzene rings is 2. The Labute approximate surface area is 145 Å². The van der Waals surface area contributed by atoms with Crippen molar-refractivity contribution in [1.29, 1.82) is 0 Å². The van der Waals surface area contributed by atoms with E-state index >= 15 is 0 Å². The lowest BCUT2D eigenvalue weighted by Crippen LogP contribution is -2.29. The van der Waals surface area contributed by atoms with Crippen molar-refractivity contribution in [3.8, 4) is 5.75 Å². The van der Waals surface area contributed by atoms with Gasteiger partial charge in [0, 0.05) is 11.6 Å². The van der Waals surface area contributed by atoms with E-state index in [1.807, 2.05) is 13.8 Å². The first-order valence-corrected chi connectivity index (χ1v) is 7.68. The number of hydrogen-bond donors (Lipinski definition) is 3. The van der Waals surface area contributed by atoms with Crippen LogP contribution in [0.2, 0.25) is 0 Å². The zero-order chi connectivity index (χ0) is 18.4. The molecule has 0 aromatic heterocycles. The molecule has 0 aliphatic heterocycles. The number of nitrogens with two attached hydrogens (primary N) is 2. The summed E-state index contributed by atoms with van der Waals surface area (Å²) in [6.07, 6.45) is 0. The van der Waals surface area contributed by atoms with Crippen LogP contribution in [0.3, 0.4) is 0 Å². The van der Waals surface area contributed by atoms with Crippen molar-refractivity contribution in [1.82, 2.24) is 5.32 Å².